The first-order valence-electron chi connectivity index (χ1n) is 8.05. The number of benzene rings is 1. The predicted octanol–water partition coefficient (Wildman–Crippen LogP) is 2.22. The lowest BCUT2D eigenvalue weighted by molar-refractivity contribution is -0.118. The molecular weight excluding hydrogens is 356 g/mol. The van der Waals surface area contributed by atoms with Gasteiger partial charge in [-0.3, -0.25) is 14.7 Å². The van der Waals surface area contributed by atoms with Gasteiger partial charge < -0.3 is 9.84 Å². The van der Waals surface area contributed by atoms with Crippen molar-refractivity contribution in [2.75, 3.05) is 25.0 Å². The van der Waals surface area contributed by atoms with E-state index in [2.05, 4.69) is 25.4 Å². The van der Waals surface area contributed by atoms with Crippen LogP contribution in [0.3, 0.4) is 0 Å². The van der Waals surface area contributed by atoms with Crippen LogP contribution in [0.2, 0.25) is 5.02 Å². The van der Waals surface area contributed by atoms with Crippen molar-refractivity contribution in [2.24, 2.45) is 0 Å². The average Bonchev–Trinajstić information content (AvgIpc) is 3.10. The van der Waals surface area contributed by atoms with E-state index in [1.807, 2.05) is 4.90 Å². The highest BCUT2D eigenvalue weighted by molar-refractivity contribution is 6.30. The summed E-state index contributed by atoms with van der Waals surface area (Å²) in [6.45, 7) is 1.69. The lowest BCUT2D eigenvalue weighted by Gasteiger charge is -2.36. The van der Waals surface area contributed by atoms with Gasteiger partial charge >= 0.3 is 0 Å². The van der Waals surface area contributed by atoms with E-state index in [1.54, 1.807) is 42.9 Å². The summed E-state index contributed by atoms with van der Waals surface area (Å²) >= 11 is 5.83. The topological polar surface area (TPSA) is 97.0 Å². The number of aromatic nitrogens is 4. The van der Waals surface area contributed by atoms with Gasteiger partial charge in [-0.2, -0.15) is 4.98 Å². The fourth-order valence-corrected chi connectivity index (χ4v) is 2.84. The fraction of sp³-hybridized carbons (Fsp3) is 0.235. The van der Waals surface area contributed by atoms with Gasteiger partial charge in [0.1, 0.15) is 5.69 Å². The van der Waals surface area contributed by atoms with Crippen molar-refractivity contribution in [3.63, 3.8) is 0 Å². The molecule has 2 aromatic heterocycles. The van der Waals surface area contributed by atoms with Crippen molar-refractivity contribution < 1.29 is 9.32 Å². The quantitative estimate of drug-likeness (QED) is 0.735. The molecule has 8 nitrogen and oxygen atoms in total. The smallest absolute Gasteiger partial charge is 0.238 e. The number of anilines is 1. The number of hydrogen-bond acceptors (Lipinski definition) is 7. The van der Waals surface area contributed by atoms with E-state index in [9.17, 15) is 4.79 Å². The Bertz CT molecular complexity index is 893. The number of halogens is 1. The molecule has 26 heavy (non-hydrogen) atoms. The predicted molar refractivity (Wildman–Crippen MR) is 94.6 cm³/mol. The first-order valence-corrected chi connectivity index (χ1v) is 8.43. The van der Waals surface area contributed by atoms with Gasteiger partial charge in [-0.1, -0.05) is 16.8 Å². The van der Waals surface area contributed by atoms with Gasteiger partial charge in [-0.15, -0.1) is 0 Å². The summed E-state index contributed by atoms with van der Waals surface area (Å²) in [5.41, 5.74) is 1.29. The van der Waals surface area contributed by atoms with Crippen molar-refractivity contribution in [1.82, 2.24) is 25.0 Å². The van der Waals surface area contributed by atoms with Crippen molar-refractivity contribution in [1.29, 1.82) is 0 Å². The number of hydrogen-bond donors (Lipinski definition) is 1. The highest BCUT2D eigenvalue weighted by atomic mass is 35.5. The van der Waals surface area contributed by atoms with E-state index >= 15 is 0 Å². The number of carbonyl (C=O) groups excluding carboxylic acids is 1. The highest BCUT2D eigenvalue weighted by Crippen LogP contribution is 2.26. The Morgan fingerprint density at radius 3 is 2.81 bits per heavy atom. The zero-order chi connectivity index (χ0) is 17.9. The molecule has 0 spiro atoms. The zero-order valence-electron chi connectivity index (χ0n) is 13.7. The summed E-state index contributed by atoms with van der Waals surface area (Å²) in [7, 11) is 0. The van der Waals surface area contributed by atoms with Crippen LogP contribution in [0.5, 0.6) is 0 Å². The molecule has 132 valence electrons. The summed E-state index contributed by atoms with van der Waals surface area (Å²) in [6.07, 6.45) is 4.75. The van der Waals surface area contributed by atoms with E-state index in [4.69, 9.17) is 16.1 Å². The van der Waals surface area contributed by atoms with Crippen LogP contribution in [-0.2, 0) is 4.79 Å². The van der Waals surface area contributed by atoms with E-state index in [0.29, 0.717) is 42.1 Å². The molecule has 1 amide bonds. The Morgan fingerprint density at radius 2 is 2.08 bits per heavy atom. The monoisotopic (exact) mass is 370 g/mol. The van der Waals surface area contributed by atoms with Crippen LogP contribution in [0.1, 0.15) is 11.8 Å². The molecule has 4 rings (SSSR count). The highest BCUT2D eigenvalue weighted by Gasteiger charge is 2.33. The normalized spacial score (nSPS) is 14.8. The lowest BCUT2D eigenvalue weighted by atomic mass is 10.0. The first-order chi connectivity index (χ1) is 12.7. The van der Waals surface area contributed by atoms with Crippen LogP contribution in [0.4, 0.5) is 5.69 Å². The number of rotatable bonds is 5. The van der Waals surface area contributed by atoms with E-state index in [1.165, 1.54) is 0 Å². The molecule has 3 heterocycles. The summed E-state index contributed by atoms with van der Waals surface area (Å²) in [6, 6.07) is 7.01. The molecule has 0 atom stereocenters. The summed E-state index contributed by atoms with van der Waals surface area (Å²) < 4.78 is 5.31. The van der Waals surface area contributed by atoms with Crippen LogP contribution >= 0.6 is 11.6 Å². The lowest BCUT2D eigenvalue weighted by Crippen LogP contribution is -2.48. The minimum atomic E-state index is -0.0726. The summed E-state index contributed by atoms with van der Waals surface area (Å²) in [5, 5.41) is 7.42. The standard InChI is InChI=1S/C17H15ClN6O2/c18-12-1-3-13(4-2-12)21-15(25)10-24-8-11(9-24)17-22-16(23-26-17)14-7-19-5-6-20-14/h1-7,11H,8-10H2,(H,21,25). The molecule has 1 saturated heterocycles. The third-order valence-corrected chi connectivity index (χ3v) is 4.29. The second-order valence-corrected chi connectivity index (χ2v) is 6.43. The number of amides is 1. The molecule has 9 heteroatoms. The van der Waals surface area contributed by atoms with Gasteiger partial charge in [0, 0.05) is 36.2 Å². The molecule has 1 aliphatic rings. The Hall–Kier alpha value is -2.84. The molecule has 0 radical (unpaired) electrons. The number of likely N-dealkylation sites (tertiary alicyclic amines) is 1. The van der Waals surface area contributed by atoms with Crippen LogP contribution in [0.15, 0.2) is 47.4 Å². The Morgan fingerprint density at radius 1 is 1.27 bits per heavy atom. The van der Waals surface area contributed by atoms with Gasteiger partial charge in [-0.05, 0) is 24.3 Å². The molecule has 3 aromatic rings. The minimum Gasteiger partial charge on any atom is -0.339 e. The fourth-order valence-electron chi connectivity index (χ4n) is 2.71. The molecule has 0 bridgehead atoms. The Balaban J connectivity index is 1.28. The maximum atomic E-state index is 12.1. The third-order valence-electron chi connectivity index (χ3n) is 4.04. The van der Waals surface area contributed by atoms with Crippen molar-refractivity contribution >= 4 is 23.2 Å². The second kappa shape index (κ2) is 7.19. The van der Waals surface area contributed by atoms with Gasteiger partial charge in [0.15, 0.2) is 0 Å². The minimum absolute atomic E-state index is 0.0726. The number of nitrogens with one attached hydrogen (secondary N) is 1. The molecule has 0 saturated carbocycles. The molecule has 1 fully saturated rings. The summed E-state index contributed by atoms with van der Waals surface area (Å²) in [4.78, 5) is 26.6. The third kappa shape index (κ3) is 3.71. The summed E-state index contributed by atoms with van der Waals surface area (Å²) in [5.74, 6) is 1.03. The van der Waals surface area contributed by atoms with Crippen LogP contribution in [0.25, 0.3) is 11.5 Å². The molecular formula is C17H15ClN6O2. The molecule has 0 unspecified atom stereocenters. The van der Waals surface area contributed by atoms with Gasteiger partial charge in [0.2, 0.25) is 17.6 Å². The van der Waals surface area contributed by atoms with Crippen LogP contribution in [-0.4, -0.2) is 50.5 Å². The van der Waals surface area contributed by atoms with Crippen molar-refractivity contribution in [3.8, 4) is 11.5 Å². The maximum Gasteiger partial charge on any atom is 0.238 e. The first kappa shape index (κ1) is 16.6. The second-order valence-electron chi connectivity index (χ2n) is 5.99. The average molecular weight is 371 g/mol. The van der Waals surface area contributed by atoms with E-state index < -0.39 is 0 Å². The number of carbonyl (C=O) groups is 1. The Kier molecular flexibility index (Phi) is 4.59. The van der Waals surface area contributed by atoms with Crippen molar-refractivity contribution in [2.45, 2.75) is 5.92 Å². The molecule has 1 N–H and O–H groups in total. The molecule has 1 aliphatic heterocycles. The molecule has 1 aromatic carbocycles. The SMILES string of the molecule is O=C(CN1CC(c2nc(-c3cnccn3)no2)C1)Nc1ccc(Cl)cc1. The van der Waals surface area contributed by atoms with Crippen LogP contribution in [0, 0.1) is 0 Å². The van der Waals surface area contributed by atoms with Crippen molar-refractivity contribution in [3.05, 3.63) is 53.8 Å². The van der Waals surface area contributed by atoms with E-state index in [-0.39, 0.29) is 11.8 Å². The van der Waals surface area contributed by atoms with Gasteiger partial charge in [0.25, 0.3) is 0 Å². The molecule has 0 aliphatic carbocycles. The van der Waals surface area contributed by atoms with Gasteiger partial charge in [-0.25, -0.2) is 4.98 Å². The zero-order valence-corrected chi connectivity index (χ0v) is 14.4. The number of nitrogens with zero attached hydrogens (tertiary/aromatic N) is 5. The van der Waals surface area contributed by atoms with E-state index in [0.717, 1.165) is 5.69 Å². The Labute approximate surface area is 154 Å². The largest absolute Gasteiger partial charge is 0.339 e. The van der Waals surface area contributed by atoms with Crippen LogP contribution < -0.4 is 5.32 Å². The van der Waals surface area contributed by atoms with Gasteiger partial charge in [0.05, 0.1) is 18.7 Å². The maximum absolute atomic E-state index is 12.1.